The molecule has 0 saturated carbocycles. The summed E-state index contributed by atoms with van der Waals surface area (Å²) < 4.78 is 10.2. The lowest BCUT2D eigenvalue weighted by molar-refractivity contribution is 0.00333. The second-order valence-corrected chi connectivity index (χ2v) is 4.12. The number of benzene rings is 1. The number of ether oxygens (including phenoxy) is 2. The molecule has 19 heavy (non-hydrogen) atoms. The molecule has 6 nitrogen and oxygen atoms in total. The van der Waals surface area contributed by atoms with Crippen LogP contribution in [0.1, 0.15) is 10.4 Å². The smallest absolute Gasteiger partial charge is 0.257 e. The topological polar surface area (TPSA) is 82.8 Å². The van der Waals surface area contributed by atoms with Gasteiger partial charge in [0.25, 0.3) is 5.91 Å². The van der Waals surface area contributed by atoms with E-state index in [1.807, 2.05) is 6.07 Å². The Balaban J connectivity index is 2.21. The summed E-state index contributed by atoms with van der Waals surface area (Å²) in [4.78, 5) is 13.8. The van der Waals surface area contributed by atoms with Crippen molar-refractivity contribution in [1.82, 2.24) is 4.90 Å². The Morgan fingerprint density at radius 1 is 1.63 bits per heavy atom. The molecule has 1 aliphatic rings. The van der Waals surface area contributed by atoms with Gasteiger partial charge in [-0.25, -0.2) is 0 Å². The predicted molar refractivity (Wildman–Crippen MR) is 65.9 cm³/mol. The van der Waals surface area contributed by atoms with Crippen LogP contribution in [-0.4, -0.2) is 48.8 Å². The highest BCUT2D eigenvalue weighted by Gasteiger charge is 2.26. The molecule has 1 amide bonds. The van der Waals surface area contributed by atoms with Crippen LogP contribution in [0.25, 0.3) is 0 Å². The first kappa shape index (κ1) is 13.2. The Labute approximate surface area is 110 Å². The van der Waals surface area contributed by atoms with Crippen LogP contribution >= 0.6 is 0 Å². The van der Waals surface area contributed by atoms with Gasteiger partial charge in [-0.1, -0.05) is 0 Å². The molecule has 1 unspecified atom stereocenters. The fraction of sp³-hybridized carbons (Fsp3) is 0.385. The van der Waals surface area contributed by atoms with Crippen molar-refractivity contribution < 1.29 is 19.4 Å². The predicted octanol–water partition coefficient (Wildman–Crippen LogP) is 0.765. The minimum atomic E-state index is -0.620. The van der Waals surface area contributed by atoms with E-state index >= 15 is 0 Å². The molecule has 0 radical (unpaired) electrons. The molecule has 2 rings (SSSR count). The van der Waals surface area contributed by atoms with Gasteiger partial charge in [-0.2, -0.15) is 5.26 Å². The minimum absolute atomic E-state index is 0.106. The van der Waals surface area contributed by atoms with Gasteiger partial charge in [0, 0.05) is 6.54 Å². The first-order valence-corrected chi connectivity index (χ1v) is 5.83. The summed E-state index contributed by atoms with van der Waals surface area (Å²) in [6.45, 7) is 0.911. The lowest BCUT2D eigenvalue weighted by Gasteiger charge is -2.30. The van der Waals surface area contributed by atoms with Crippen molar-refractivity contribution in [3.8, 4) is 17.6 Å². The number of nitriles is 1. The molecule has 1 atom stereocenters. The molecule has 1 aromatic carbocycles. The second-order valence-electron chi connectivity index (χ2n) is 4.12. The number of phenols is 1. The van der Waals surface area contributed by atoms with E-state index in [2.05, 4.69) is 0 Å². The van der Waals surface area contributed by atoms with Crippen LogP contribution in [0.3, 0.4) is 0 Å². The molecule has 6 heteroatoms. The van der Waals surface area contributed by atoms with E-state index in [4.69, 9.17) is 14.7 Å². The highest BCUT2D eigenvalue weighted by atomic mass is 16.5. The van der Waals surface area contributed by atoms with Crippen LogP contribution in [0.4, 0.5) is 0 Å². The van der Waals surface area contributed by atoms with Gasteiger partial charge in [0.1, 0.15) is 11.5 Å². The van der Waals surface area contributed by atoms with Crippen LogP contribution in [0, 0.1) is 11.3 Å². The molecule has 0 aromatic heterocycles. The molecule has 0 spiro atoms. The van der Waals surface area contributed by atoms with Crippen molar-refractivity contribution in [2.45, 2.75) is 6.10 Å². The fourth-order valence-corrected chi connectivity index (χ4v) is 1.90. The lowest BCUT2D eigenvalue weighted by atomic mass is 10.1. The first-order valence-electron chi connectivity index (χ1n) is 5.83. The number of nitrogens with zero attached hydrogens (tertiary/aromatic N) is 2. The second kappa shape index (κ2) is 5.59. The standard InChI is InChI=1S/C13H14N2O4/c1-18-9-2-3-12(16)11(6-9)13(17)15-4-5-19-10(7-14)8-15/h2-3,6,10,16H,4-5,8H2,1H3. The zero-order valence-electron chi connectivity index (χ0n) is 10.5. The Morgan fingerprint density at radius 2 is 2.42 bits per heavy atom. The molecule has 1 aliphatic heterocycles. The summed E-state index contributed by atoms with van der Waals surface area (Å²) in [5, 5.41) is 18.6. The molecule has 1 aromatic rings. The summed E-state index contributed by atoms with van der Waals surface area (Å²) >= 11 is 0. The van der Waals surface area contributed by atoms with E-state index in [-0.39, 0.29) is 23.8 Å². The summed E-state index contributed by atoms with van der Waals surface area (Å²) in [5.41, 5.74) is 0.165. The Bertz CT molecular complexity index is 524. The van der Waals surface area contributed by atoms with E-state index in [1.165, 1.54) is 24.1 Å². The average Bonchev–Trinajstić information content (AvgIpc) is 2.47. The number of hydrogen-bond donors (Lipinski definition) is 1. The molecule has 0 bridgehead atoms. The van der Waals surface area contributed by atoms with Crippen molar-refractivity contribution >= 4 is 5.91 Å². The SMILES string of the molecule is COc1ccc(O)c(C(=O)N2CCOC(C#N)C2)c1. The highest BCUT2D eigenvalue weighted by Crippen LogP contribution is 2.24. The highest BCUT2D eigenvalue weighted by molar-refractivity contribution is 5.97. The number of amides is 1. The van der Waals surface area contributed by atoms with Crippen LogP contribution in [0.15, 0.2) is 18.2 Å². The quantitative estimate of drug-likeness (QED) is 0.851. The number of phenolic OH excluding ortho intramolecular Hbond substituents is 1. The Hall–Kier alpha value is -2.26. The molecule has 100 valence electrons. The maximum Gasteiger partial charge on any atom is 0.257 e. The Morgan fingerprint density at radius 3 is 3.11 bits per heavy atom. The average molecular weight is 262 g/mol. The van der Waals surface area contributed by atoms with Gasteiger partial charge < -0.3 is 19.5 Å². The minimum Gasteiger partial charge on any atom is -0.507 e. The summed E-state index contributed by atoms with van der Waals surface area (Å²) in [7, 11) is 1.49. The molecule has 1 N–H and O–H groups in total. The van der Waals surface area contributed by atoms with Gasteiger partial charge >= 0.3 is 0 Å². The number of aromatic hydroxyl groups is 1. The van der Waals surface area contributed by atoms with Gasteiger partial charge in [0.15, 0.2) is 6.10 Å². The van der Waals surface area contributed by atoms with Crippen molar-refractivity contribution in [3.05, 3.63) is 23.8 Å². The summed E-state index contributed by atoms with van der Waals surface area (Å²) in [6.07, 6.45) is -0.620. The van der Waals surface area contributed by atoms with Gasteiger partial charge in [-0.3, -0.25) is 4.79 Å². The van der Waals surface area contributed by atoms with E-state index in [1.54, 1.807) is 6.07 Å². The van der Waals surface area contributed by atoms with Gasteiger partial charge in [-0.15, -0.1) is 0 Å². The molecule has 1 saturated heterocycles. The van der Waals surface area contributed by atoms with Crippen LogP contribution in [-0.2, 0) is 4.74 Å². The van der Waals surface area contributed by atoms with E-state index < -0.39 is 6.10 Å². The van der Waals surface area contributed by atoms with Crippen LogP contribution in [0.5, 0.6) is 11.5 Å². The van der Waals surface area contributed by atoms with Gasteiger partial charge in [0.2, 0.25) is 0 Å². The molecular weight excluding hydrogens is 248 g/mol. The number of carbonyl (C=O) groups is 1. The third-order valence-corrected chi connectivity index (χ3v) is 2.93. The third-order valence-electron chi connectivity index (χ3n) is 2.93. The number of carbonyl (C=O) groups excluding carboxylic acids is 1. The van der Waals surface area contributed by atoms with Crippen molar-refractivity contribution in [2.24, 2.45) is 0 Å². The van der Waals surface area contributed by atoms with Crippen LogP contribution < -0.4 is 4.74 Å². The van der Waals surface area contributed by atoms with Gasteiger partial charge in [0.05, 0.1) is 31.9 Å². The maximum absolute atomic E-state index is 12.3. The molecule has 0 aliphatic carbocycles. The number of rotatable bonds is 2. The fourth-order valence-electron chi connectivity index (χ4n) is 1.90. The Kier molecular flexibility index (Phi) is 3.88. The monoisotopic (exact) mass is 262 g/mol. The first-order chi connectivity index (χ1) is 9.15. The maximum atomic E-state index is 12.3. The largest absolute Gasteiger partial charge is 0.507 e. The summed E-state index contributed by atoms with van der Waals surface area (Å²) in [6, 6.07) is 6.44. The van der Waals surface area contributed by atoms with Crippen LogP contribution in [0.2, 0.25) is 0 Å². The zero-order valence-corrected chi connectivity index (χ0v) is 10.5. The number of hydrogen-bond acceptors (Lipinski definition) is 5. The number of methoxy groups -OCH3 is 1. The van der Waals surface area contributed by atoms with Crippen molar-refractivity contribution in [2.75, 3.05) is 26.8 Å². The summed E-state index contributed by atoms with van der Waals surface area (Å²) in [5.74, 6) is 0.0528. The zero-order chi connectivity index (χ0) is 13.8. The van der Waals surface area contributed by atoms with E-state index in [0.717, 1.165) is 0 Å². The van der Waals surface area contributed by atoms with Gasteiger partial charge in [-0.05, 0) is 18.2 Å². The van der Waals surface area contributed by atoms with E-state index in [9.17, 15) is 9.90 Å². The van der Waals surface area contributed by atoms with E-state index in [0.29, 0.717) is 18.9 Å². The molecular formula is C13H14N2O4. The molecule has 1 fully saturated rings. The third kappa shape index (κ3) is 2.77. The van der Waals surface area contributed by atoms with Crippen molar-refractivity contribution in [3.63, 3.8) is 0 Å². The molecule has 1 heterocycles. The van der Waals surface area contributed by atoms with Crippen molar-refractivity contribution in [1.29, 1.82) is 5.26 Å². The number of morpholine rings is 1. The normalized spacial score (nSPS) is 18.7. The lowest BCUT2D eigenvalue weighted by Crippen LogP contribution is -2.45.